The number of carbonyl (C=O) groups is 1. The van der Waals surface area contributed by atoms with E-state index in [1.54, 1.807) is 51.1 Å². The molecule has 0 fully saturated rings. The molecular formula is C40H46O11. The van der Waals surface area contributed by atoms with E-state index in [0.29, 0.717) is 53.2 Å². The van der Waals surface area contributed by atoms with Crippen LogP contribution in [0.1, 0.15) is 58.9 Å². The highest BCUT2D eigenvalue weighted by molar-refractivity contribution is 6.02. The van der Waals surface area contributed by atoms with E-state index in [9.17, 15) is 35.1 Å². The molecule has 0 saturated heterocycles. The van der Waals surface area contributed by atoms with Crippen molar-refractivity contribution in [3.05, 3.63) is 111 Å². The number of Topliss-reactive ketones (excluding diaryl/α,β-unsaturated/α-hetero) is 1. The minimum absolute atomic E-state index is 0.0422. The van der Waals surface area contributed by atoms with Crippen LogP contribution in [-0.4, -0.2) is 57.6 Å². The Kier molecular flexibility index (Phi) is 14.6. The van der Waals surface area contributed by atoms with Crippen molar-refractivity contribution < 1.29 is 49.0 Å². The number of carbonyl (C=O) groups excluding carboxylic acids is 1. The Labute approximate surface area is 296 Å². The first-order chi connectivity index (χ1) is 24.2. The Morgan fingerprint density at radius 1 is 0.706 bits per heavy atom. The summed E-state index contributed by atoms with van der Waals surface area (Å²) >= 11 is 0. The summed E-state index contributed by atoms with van der Waals surface area (Å²) in [5.41, 5.74) is 4.52. The molecule has 0 spiro atoms. The fraction of sp³-hybridized carbons (Fsp3) is 0.300. The first-order valence-corrected chi connectivity index (χ1v) is 16.5. The maximum atomic E-state index is 12.6. The number of benzene rings is 4. The summed E-state index contributed by atoms with van der Waals surface area (Å²) in [7, 11) is 0. The standard InChI is InChI=1S/C17H14O4.C16H16O4.C7H16O3/c1-9-7-14-15(16(19)10(9)2)17(20)13(8-21-14)11-3-5-12(18)6-4-11;1-9-7-13(18)15(16(20)10(9)2)14(19)8-11-3-5-12(17)6-4-11;1-4-8-7(9-5-2)10-6-3/h3-8,18-19H,1-2H3;3-7,17-18,20H,8H2,1-2H3;7H,4-6H2,1-3H3. The SMILES string of the molecule is CCOC(OCC)OCC.Cc1cc(O)c(C(=O)Cc2ccc(O)cc2)c(O)c1C.Cc1cc2occ(-c3ccc(O)cc3)c(=O)c2c(O)c1C. The smallest absolute Gasteiger partial charge is 0.271 e. The van der Waals surface area contributed by atoms with Crippen molar-refractivity contribution in [2.45, 2.75) is 61.4 Å². The first-order valence-electron chi connectivity index (χ1n) is 16.5. The van der Waals surface area contributed by atoms with Crippen molar-refractivity contribution in [1.29, 1.82) is 0 Å². The van der Waals surface area contributed by atoms with E-state index in [4.69, 9.17) is 18.6 Å². The maximum Gasteiger partial charge on any atom is 0.271 e. The summed E-state index contributed by atoms with van der Waals surface area (Å²) in [4.78, 5) is 24.8. The summed E-state index contributed by atoms with van der Waals surface area (Å²) < 4.78 is 20.7. The van der Waals surface area contributed by atoms with Gasteiger partial charge in [0.1, 0.15) is 51.5 Å². The molecule has 11 nitrogen and oxygen atoms in total. The van der Waals surface area contributed by atoms with Crippen molar-refractivity contribution in [3.8, 4) is 39.9 Å². The van der Waals surface area contributed by atoms with Crippen LogP contribution >= 0.6 is 0 Å². The average Bonchev–Trinajstić information content (AvgIpc) is 3.09. The molecule has 5 rings (SSSR count). The molecule has 0 amide bonds. The molecule has 5 aromatic rings. The summed E-state index contributed by atoms with van der Waals surface area (Å²) in [6, 6.07) is 15.7. The molecule has 0 saturated carbocycles. The fourth-order valence-corrected chi connectivity index (χ4v) is 4.93. The lowest BCUT2D eigenvalue weighted by atomic mass is 9.97. The van der Waals surface area contributed by atoms with E-state index in [-0.39, 0.29) is 57.3 Å². The number of rotatable bonds is 10. The third-order valence-corrected chi connectivity index (χ3v) is 8.01. The molecule has 272 valence electrons. The number of aromatic hydroxyl groups is 5. The number of ketones is 1. The Bertz CT molecular complexity index is 1960. The quantitative estimate of drug-likeness (QED) is 0.0712. The van der Waals surface area contributed by atoms with Gasteiger partial charge in [-0.2, -0.15) is 0 Å². The van der Waals surface area contributed by atoms with E-state index in [1.807, 2.05) is 27.7 Å². The van der Waals surface area contributed by atoms with Crippen molar-refractivity contribution in [2.75, 3.05) is 19.8 Å². The predicted molar refractivity (Wildman–Crippen MR) is 195 cm³/mol. The second-order valence-electron chi connectivity index (χ2n) is 11.5. The van der Waals surface area contributed by atoms with E-state index in [1.165, 1.54) is 36.6 Å². The van der Waals surface area contributed by atoms with Gasteiger partial charge in [0.25, 0.3) is 6.48 Å². The minimum atomic E-state index is -0.472. The monoisotopic (exact) mass is 702 g/mol. The highest BCUT2D eigenvalue weighted by Gasteiger charge is 2.20. The molecule has 5 N–H and O–H groups in total. The lowest BCUT2D eigenvalue weighted by Gasteiger charge is -2.15. The molecule has 0 aliphatic carbocycles. The second kappa shape index (κ2) is 18.6. The maximum absolute atomic E-state index is 12.6. The molecule has 0 radical (unpaired) electrons. The van der Waals surface area contributed by atoms with Crippen LogP contribution < -0.4 is 5.43 Å². The van der Waals surface area contributed by atoms with Gasteiger partial charge in [0.05, 0.1) is 5.56 Å². The summed E-state index contributed by atoms with van der Waals surface area (Å²) in [6.07, 6.45) is 1.43. The minimum Gasteiger partial charge on any atom is -0.508 e. The molecule has 51 heavy (non-hydrogen) atoms. The van der Waals surface area contributed by atoms with Crippen molar-refractivity contribution >= 4 is 16.8 Å². The summed E-state index contributed by atoms with van der Waals surface area (Å²) in [5.74, 6) is -0.551. The molecule has 0 unspecified atom stereocenters. The fourth-order valence-electron chi connectivity index (χ4n) is 4.93. The van der Waals surface area contributed by atoms with Crippen LogP contribution in [-0.2, 0) is 20.6 Å². The molecule has 11 heteroatoms. The van der Waals surface area contributed by atoms with Crippen LogP contribution in [0.2, 0.25) is 0 Å². The number of ether oxygens (including phenoxy) is 3. The van der Waals surface area contributed by atoms with Gasteiger partial charge in [-0.3, -0.25) is 9.59 Å². The zero-order chi connectivity index (χ0) is 37.8. The number of hydrogen-bond acceptors (Lipinski definition) is 11. The molecule has 0 aliphatic heterocycles. The number of phenols is 5. The van der Waals surface area contributed by atoms with Crippen LogP contribution in [0, 0.1) is 27.7 Å². The zero-order valence-electron chi connectivity index (χ0n) is 29.9. The van der Waals surface area contributed by atoms with Gasteiger partial charge < -0.3 is 44.2 Å². The Morgan fingerprint density at radius 3 is 1.73 bits per heavy atom. The lowest BCUT2D eigenvalue weighted by Crippen LogP contribution is -2.20. The number of hydrogen-bond donors (Lipinski definition) is 5. The van der Waals surface area contributed by atoms with Gasteiger partial charge in [-0.1, -0.05) is 24.3 Å². The normalized spacial score (nSPS) is 10.7. The number of fused-ring (bicyclic) bond motifs is 1. The van der Waals surface area contributed by atoms with Gasteiger partial charge in [0, 0.05) is 26.2 Å². The van der Waals surface area contributed by atoms with Crippen LogP contribution in [0.15, 0.2) is 76.1 Å². The zero-order valence-corrected chi connectivity index (χ0v) is 29.9. The van der Waals surface area contributed by atoms with Crippen molar-refractivity contribution in [3.63, 3.8) is 0 Å². The average molecular weight is 703 g/mol. The highest BCUT2D eigenvalue weighted by Crippen LogP contribution is 2.34. The van der Waals surface area contributed by atoms with Crippen molar-refractivity contribution in [1.82, 2.24) is 0 Å². The van der Waals surface area contributed by atoms with E-state index < -0.39 is 6.48 Å². The molecule has 1 aromatic heterocycles. The predicted octanol–water partition coefficient (Wildman–Crippen LogP) is 7.71. The topological polar surface area (TPSA) is 176 Å². The van der Waals surface area contributed by atoms with Gasteiger partial charge in [0.15, 0.2) is 5.78 Å². The van der Waals surface area contributed by atoms with E-state index >= 15 is 0 Å². The Morgan fingerprint density at radius 2 is 1.20 bits per heavy atom. The Hall–Kier alpha value is -5.36. The van der Waals surface area contributed by atoms with Gasteiger partial charge in [-0.25, -0.2) is 0 Å². The largest absolute Gasteiger partial charge is 0.508 e. The van der Waals surface area contributed by atoms with Crippen LogP contribution in [0.5, 0.6) is 28.7 Å². The van der Waals surface area contributed by atoms with Crippen LogP contribution in [0.25, 0.3) is 22.1 Å². The molecule has 0 bridgehead atoms. The molecule has 4 aromatic carbocycles. The van der Waals surface area contributed by atoms with Gasteiger partial charge in [-0.05, 0) is 118 Å². The van der Waals surface area contributed by atoms with Gasteiger partial charge in [-0.15, -0.1) is 0 Å². The van der Waals surface area contributed by atoms with Gasteiger partial charge in [0.2, 0.25) is 5.43 Å². The summed E-state index contributed by atoms with van der Waals surface area (Å²) in [5, 5.41) is 48.8. The molecule has 0 aliphatic rings. The van der Waals surface area contributed by atoms with Crippen LogP contribution in [0.4, 0.5) is 0 Å². The lowest BCUT2D eigenvalue weighted by molar-refractivity contribution is -0.282. The van der Waals surface area contributed by atoms with Crippen molar-refractivity contribution in [2.24, 2.45) is 0 Å². The van der Waals surface area contributed by atoms with Gasteiger partial charge >= 0.3 is 0 Å². The van der Waals surface area contributed by atoms with E-state index in [2.05, 4.69) is 0 Å². The third-order valence-electron chi connectivity index (χ3n) is 8.01. The molecular weight excluding hydrogens is 656 g/mol. The Balaban J connectivity index is 0.000000220. The van der Waals surface area contributed by atoms with E-state index in [0.717, 1.165) is 11.1 Å². The highest BCUT2D eigenvalue weighted by atomic mass is 16.8. The first kappa shape index (κ1) is 40.1. The second-order valence-corrected chi connectivity index (χ2v) is 11.5. The molecule has 1 heterocycles. The third kappa shape index (κ3) is 10.3. The molecule has 0 atom stereocenters. The number of aryl methyl sites for hydroxylation is 2. The van der Waals surface area contributed by atoms with Crippen LogP contribution in [0.3, 0.4) is 0 Å². The number of phenolic OH excluding ortho intramolecular Hbond substituents is 5. The summed E-state index contributed by atoms with van der Waals surface area (Å²) in [6.45, 7) is 14.2.